The molecular formula is C16H23N3O2. The molecule has 0 aliphatic carbocycles. The van der Waals surface area contributed by atoms with Crippen molar-refractivity contribution in [2.75, 3.05) is 6.54 Å². The van der Waals surface area contributed by atoms with Crippen molar-refractivity contribution in [3.05, 3.63) is 30.1 Å². The molecule has 5 heteroatoms. The number of aromatic nitrogens is 1. The number of carbonyl (C=O) groups is 2. The fraction of sp³-hybridized carbons (Fsp3) is 0.562. The number of amides is 2. The standard InChI is InChI=1S/C16H23N3O2/c1-11(2)13-14(20)18-16(3,4)15(21)19(13)10-8-12-7-5-6-9-17-12/h5-7,9,11,13H,8,10H2,1-4H3,(H,18,20). The molecule has 21 heavy (non-hydrogen) atoms. The Kier molecular flexibility index (Phi) is 4.30. The monoisotopic (exact) mass is 289 g/mol. The number of carbonyl (C=O) groups excluding carboxylic acids is 2. The normalized spacial score (nSPS) is 21.6. The molecule has 1 aromatic rings. The lowest BCUT2D eigenvalue weighted by Gasteiger charge is -2.44. The number of nitrogens with one attached hydrogen (secondary N) is 1. The van der Waals surface area contributed by atoms with Gasteiger partial charge < -0.3 is 10.2 Å². The zero-order chi connectivity index (χ0) is 15.6. The van der Waals surface area contributed by atoms with E-state index < -0.39 is 11.6 Å². The minimum Gasteiger partial charge on any atom is -0.340 e. The molecule has 2 rings (SSSR count). The van der Waals surface area contributed by atoms with Gasteiger partial charge in [0.25, 0.3) is 0 Å². The van der Waals surface area contributed by atoms with Crippen molar-refractivity contribution >= 4 is 11.8 Å². The number of piperazine rings is 1. The van der Waals surface area contributed by atoms with Crippen molar-refractivity contribution in [2.45, 2.75) is 45.7 Å². The third-order valence-corrected chi connectivity index (χ3v) is 3.80. The molecule has 0 aromatic carbocycles. The van der Waals surface area contributed by atoms with Gasteiger partial charge in [-0.25, -0.2) is 0 Å². The average molecular weight is 289 g/mol. The van der Waals surface area contributed by atoms with Gasteiger partial charge in [0.1, 0.15) is 11.6 Å². The smallest absolute Gasteiger partial charge is 0.248 e. The van der Waals surface area contributed by atoms with E-state index >= 15 is 0 Å². The maximum absolute atomic E-state index is 12.6. The topological polar surface area (TPSA) is 62.3 Å². The summed E-state index contributed by atoms with van der Waals surface area (Å²) in [6.45, 7) is 7.93. The molecule has 2 heterocycles. The Hall–Kier alpha value is -1.91. The summed E-state index contributed by atoms with van der Waals surface area (Å²) in [4.78, 5) is 30.9. The molecule has 2 amide bonds. The van der Waals surface area contributed by atoms with Crippen LogP contribution in [-0.4, -0.2) is 39.8 Å². The summed E-state index contributed by atoms with van der Waals surface area (Å²) in [5.74, 6) is -0.0267. The van der Waals surface area contributed by atoms with E-state index in [-0.39, 0.29) is 17.7 Å². The second-order valence-corrected chi connectivity index (χ2v) is 6.37. The summed E-state index contributed by atoms with van der Waals surface area (Å²) in [7, 11) is 0. The second kappa shape index (κ2) is 5.84. The van der Waals surface area contributed by atoms with Crippen LogP contribution in [0.5, 0.6) is 0 Å². The third-order valence-electron chi connectivity index (χ3n) is 3.80. The lowest BCUT2D eigenvalue weighted by Crippen LogP contribution is -2.69. The van der Waals surface area contributed by atoms with E-state index in [2.05, 4.69) is 10.3 Å². The van der Waals surface area contributed by atoms with Crippen LogP contribution in [0, 0.1) is 5.92 Å². The number of hydrogen-bond acceptors (Lipinski definition) is 3. The highest BCUT2D eigenvalue weighted by molar-refractivity contribution is 5.99. The Bertz CT molecular complexity index is 526. The van der Waals surface area contributed by atoms with Gasteiger partial charge in [-0.1, -0.05) is 19.9 Å². The van der Waals surface area contributed by atoms with Gasteiger partial charge in [-0.2, -0.15) is 0 Å². The van der Waals surface area contributed by atoms with Crippen LogP contribution in [-0.2, 0) is 16.0 Å². The molecule has 0 bridgehead atoms. The predicted molar refractivity (Wildman–Crippen MR) is 80.5 cm³/mol. The molecule has 1 saturated heterocycles. The third kappa shape index (κ3) is 3.23. The molecule has 1 aromatic heterocycles. The molecule has 0 radical (unpaired) electrons. The van der Waals surface area contributed by atoms with Crippen LogP contribution < -0.4 is 5.32 Å². The zero-order valence-electron chi connectivity index (χ0n) is 13.1. The van der Waals surface area contributed by atoms with Crippen LogP contribution in [0.3, 0.4) is 0 Å². The molecular weight excluding hydrogens is 266 g/mol. The summed E-state index contributed by atoms with van der Waals surface area (Å²) < 4.78 is 0. The first-order valence-corrected chi connectivity index (χ1v) is 7.36. The lowest BCUT2D eigenvalue weighted by molar-refractivity contribution is -0.155. The summed E-state index contributed by atoms with van der Waals surface area (Å²) in [5.41, 5.74) is 0.0867. The summed E-state index contributed by atoms with van der Waals surface area (Å²) >= 11 is 0. The van der Waals surface area contributed by atoms with Crippen molar-refractivity contribution in [1.29, 1.82) is 0 Å². The van der Waals surface area contributed by atoms with E-state index in [1.807, 2.05) is 32.0 Å². The van der Waals surface area contributed by atoms with Crippen molar-refractivity contribution in [3.8, 4) is 0 Å². The van der Waals surface area contributed by atoms with Gasteiger partial charge in [0.05, 0.1) is 0 Å². The van der Waals surface area contributed by atoms with Crippen LogP contribution in [0.1, 0.15) is 33.4 Å². The second-order valence-electron chi connectivity index (χ2n) is 6.37. The van der Waals surface area contributed by atoms with Gasteiger partial charge in [-0.05, 0) is 31.9 Å². The van der Waals surface area contributed by atoms with Crippen molar-refractivity contribution in [1.82, 2.24) is 15.2 Å². The van der Waals surface area contributed by atoms with Crippen LogP contribution in [0.25, 0.3) is 0 Å². The number of rotatable bonds is 4. The number of hydrogen-bond donors (Lipinski definition) is 1. The van der Waals surface area contributed by atoms with Gasteiger partial charge in [-0.15, -0.1) is 0 Å². The van der Waals surface area contributed by atoms with Gasteiger partial charge in [-0.3, -0.25) is 14.6 Å². The maximum Gasteiger partial charge on any atom is 0.248 e. The largest absolute Gasteiger partial charge is 0.340 e. The number of pyridine rings is 1. The highest BCUT2D eigenvalue weighted by atomic mass is 16.2. The predicted octanol–water partition coefficient (Wildman–Crippen LogP) is 1.39. The summed E-state index contributed by atoms with van der Waals surface area (Å²) in [6, 6.07) is 5.32. The van der Waals surface area contributed by atoms with Gasteiger partial charge in [0.15, 0.2) is 0 Å². The Balaban J connectivity index is 2.18. The van der Waals surface area contributed by atoms with E-state index in [0.29, 0.717) is 13.0 Å². The van der Waals surface area contributed by atoms with E-state index in [1.54, 1.807) is 24.9 Å². The first-order valence-electron chi connectivity index (χ1n) is 7.36. The summed E-state index contributed by atoms with van der Waals surface area (Å²) in [6.07, 6.45) is 2.39. The van der Waals surface area contributed by atoms with E-state index in [0.717, 1.165) is 5.69 Å². The Morgan fingerprint density at radius 2 is 2.05 bits per heavy atom. The molecule has 0 spiro atoms. The SMILES string of the molecule is CC(C)C1C(=O)NC(C)(C)C(=O)N1CCc1ccccn1. The lowest BCUT2D eigenvalue weighted by atomic mass is 9.91. The van der Waals surface area contributed by atoms with E-state index in [9.17, 15) is 9.59 Å². The van der Waals surface area contributed by atoms with E-state index in [4.69, 9.17) is 0 Å². The van der Waals surface area contributed by atoms with Gasteiger partial charge in [0.2, 0.25) is 11.8 Å². The molecule has 1 fully saturated rings. The molecule has 1 aliphatic heterocycles. The van der Waals surface area contributed by atoms with Crippen LogP contribution in [0.2, 0.25) is 0 Å². The van der Waals surface area contributed by atoms with Crippen LogP contribution >= 0.6 is 0 Å². The molecule has 1 aliphatic rings. The first-order chi connectivity index (χ1) is 9.83. The van der Waals surface area contributed by atoms with Crippen LogP contribution in [0.15, 0.2) is 24.4 Å². The first kappa shape index (κ1) is 15.5. The van der Waals surface area contributed by atoms with Crippen molar-refractivity contribution < 1.29 is 9.59 Å². The fourth-order valence-corrected chi connectivity index (χ4v) is 2.75. The fourth-order valence-electron chi connectivity index (χ4n) is 2.75. The molecule has 114 valence electrons. The van der Waals surface area contributed by atoms with Gasteiger partial charge in [0, 0.05) is 24.9 Å². The quantitative estimate of drug-likeness (QED) is 0.911. The minimum absolute atomic E-state index is 0.0308. The van der Waals surface area contributed by atoms with E-state index in [1.165, 1.54) is 0 Å². The van der Waals surface area contributed by atoms with Gasteiger partial charge >= 0.3 is 0 Å². The zero-order valence-corrected chi connectivity index (χ0v) is 13.1. The molecule has 1 unspecified atom stereocenters. The van der Waals surface area contributed by atoms with Crippen molar-refractivity contribution in [3.63, 3.8) is 0 Å². The molecule has 1 atom stereocenters. The molecule has 0 saturated carbocycles. The van der Waals surface area contributed by atoms with Crippen molar-refractivity contribution in [2.24, 2.45) is 5.92 Å². The highest BCUT2D eigenvalue weighted by Gasteiger charge is 2.45. The summed E-state index contributed by atoms with van der Waals surface area (Å²) in [5, 5.41) is 2.82. The molecule has 1 N–H and O–H groups in total. The molecule has 5 nitrogen and oxygen atoms in total. The Labute approximate surface area is 125 Å². The Morgan fingerprint density at radius 1 is 1.33 bits per heavy atom. The maximum atomic E-state index is 12.6. The highest BCUT2D eigenvalue weighted by Crippen LogP contribution is 2.22. The average Bonchev–Trinajstić information content (AvgIpc) is 2.41. The van der Waals surface area contributed by atoms with Crippen LogP contribution in [0.4, 0.5) is 0 Å². The Morgan fingerprint density at radius 3 is 2.62 bits per heavy atom. The minimum atomic E-state index is -0.841. The number of nitrogens with zero attached hydrogens (tertiary/aromatic N) is 2.